The highest BCUT2D eigenvalue weighted by molar-refractivity contribution is 6.02. The largest absolute Gasteiger partial charge is 0.481 e. The third-order valence-corrected chi connectivity index (χ3v) is 4.49. The van der Waals surface area contributed by atoms with E-state index in [4.69, 9.17) is 5.11 Å². The number of carboxylic acids is 1. The Morgan fingerprint density at radius 2 is 1.80 bits per heavy atom. The Balaban J connectivity index is 2.31. The molecule has 0 saturated heterocycles. The number of rotatable bonds is 9. The van der Waals surface area contributed by atoms with Crippen LogP contribution in [0.15, 0.2) is 35.9 Å². The van der Waals surface area contributed by atoms with Gasteiger partial charge < -0.3 is 25.1 Å². The van der Waals surface area contributed by atoms with Gasteiger partial charge in [-0.25, -0.2) is 0 Å². The molecule has 1 aromatic carbocycles. The zero-order valence-electron chi connectivity index (χ0n) is 17.5. The van der Waals surface area contributed by atoms with E-state index in [2.05, 4.69) is 10.6 Å². The maximum Gasteiger partial charge on any atom is 0.305 e. The summed E-state index contributed by atoms with van der Waals surface area (Å²) >= 11 is 0. The number of nitrogens with zero attached hydrogens (tertiary/aromatic N) is 1. The molecule has 8 heteroatoms. The van der Waals surface area contributed by atoms with Crippen LogP contribution in [-0.4, -0.2) is 45.8 Å². The van der Waals surface area contributed by atoms with Gasteiger partial charge in [0.1, 0.15) is 18.0 Å². The van der Waals surface area contributed by atoms with E-state index in [1.54, 1.807) is 24.5 Å². The van der Waals surface area contributed by atoms with Gasteiger partial charge in [0.2, 0.25) is 5.91 Å². The van der Waals surface area contributed by atoms with Crippen LogP contribution in [0.5, 0.6) is 0 Å². The Labute approximate surface area is 174 Å². The third kappa shape index (κ3) is 5.56. The minimum Gasteiger partial charge on any atom is -0.481 e. The van der Waals surface area contributed by atoms with Gasteiger partial charge in [-0.1, -0.05) is 37.6 Å². The quantitative estimate of drug-likeness (QED) is 0.546. The first-order chi connectivity index (χ1) is 14.1. The van der Waals surface area contributed by atoms with Crippen molar-refractivity contribution in [2.75, 3.05) is 0 Å². The van der Waals surface area contributed by atoms with Crippen LogP contribution in [0.25, 0.3) is 17.1 Å². The van der Waals surface area contributed by atoms with Crippen LogP contribution >= 0.6 is 0 Å². The highest BCUT2D eigenvalue weighted by Crippen LogP contribution is 2.21. The maximum absolute atomic E-state index is 13.1. The monoisotopic (exact) mass is 413 g/mol. The molecule has 0 saturated carbocycles. The number of aldehydes is 1. The van der Waals surface area contributed by atoms with Crippen molar-refractivity contribution in [1.29, 1.82) is 0 Å². The minimum atomic E-state index is -1.20. The molecule has 30 heavy (non-hydrogen) atoms. The standard InChI is InChI=1S/C22H27N3O5/c1-13(2)11-25-17-8-6-5-7-15(17)9-18(25)21(29)24-20(14(3)4)22(30)23-16(12-26)10-19(27)28/h5-9,11-12,14,16,20H,10H2,1-4H3,(H,23,30)(H,24,29)(H,27,28)/t16-,20?/m1/s1. The fraction of sp³-hybridized carbons (Fsp3) is 0.364. The number of para-hydroxylation sites is 1. The van der Waals surface area contributed by atoms with Crippen LogP contribution in [0.1, 0.15) is 44.6 Å². The lowest BCUT2D eigenvalue weighted by atomic mass is 10.0. The summed E-state index contributed by atoms with van der Waals surface area (Å²) in [6.07, 6.45) is 1.69. The Kier molecular flexibility index (Phi) is 7.52. The smallest absolute Gasteiger partial charge is 0.305 e. The minimum absolute atomic E-state index is 0.285. The molecule has 8 nitrogen and oxygen atoms in total. The molecule has 1 aromatic heterocycles. The molecule has 2 atom stereocenters. The van der Waals surface area contributed by atoms with E-state index >= 15 is 0 Å². The number of aliphatic carboxylic acids is 1. The molecule has 1 unspecified atom stereocenters. The molecule has 160 valence electrons. The summed E-state index contributed by atoms with van der Waals surface area (Å²) in [6.45, 7) is 7.35. The van der Waals surface area contributed by atoms with Crippen molar-refractivity contribution in [3.8, 4) is 0 Å². The van der Waals surface area contributed by atoms with Crippen LogP contribution in [-0.2, 0) is 14.4 Å². The molecule has 0 fully saturated rings. The van der Waals surface area contributed by atoms with Crippen LogP contribution in [0.2, 0.25) is 0 Å². The lowest BCUT2D eigenvalue weighted by Gasteiger charge is -2.23. The fourth-order valence-corrected chi connectivity index (χ4v) is 3.09. The number of aromatic nitrogens is 1. The summed E-state index contributed by atoms with van der Waals surface area (Å²) in [6, 6.07) is 7.21. The molecule has 0 bridgehead atoms. The Bertz CT molecular complexity index is 986. The van der Waals surface area contributed by atoms with E-state index in [1.165, 1.54) is 0 Å². The molecule has 3 N–H and O–H groups in total. The van der Waals surface area contributed by atoms with Crippen molar-refractivity contribution < 1.29 is 24.3 Å². The lowest BCUT2D eigenvalue weighted by Crippen LogP contribution is -2.53. The predicted octanol–water partition coefficient (Wildman–Crippen LogP) is 2.43. The predicted molar refractivity (Wildman–Crippen MR) is 114 cm³/mol. The van der Waals surface area contributed by atoms with Crippen molar-refractivity contribution in [1.82, 2.24) is 15.2 Å². The number of benzene rings is 1. The first-order valence-corrected chi connectivity index (χ1v) is 9.67. The van der Waals surface area contributed by atoms with Gasteiger partial charge >= 0.3 is 5.97 Å². The van der Waals surface area contributed by atoms with Crippen molar-refractivity contribution in [2.45, 2.75) is 46.2 Å². The third-order valence-electron chi connectivity index (χ3n) is 4.49. The number of nitrogens with one attached hydrogen (secondary N) is 2. The summed E-state index contributed by atoms with van der Waals surface area (Å²) in [5, 5.41) is 14.8. The number of hydrogen-bond acceptors (Lipinski definition) is 4. The van der Waals surface area contributed by atoms with Gasteiger partial charge in [0.25, 0.3) is 5.91 Å². The van der Waals surface area contributed by atoms with Gasteiger partial charge in [-0.3, -0.25) is 14.4 Å². The Morgan fingerprint density at radius 3 is 2.37 bits per heavy atom. The molecular weight excluding hydrogens is 386 g/mol. The molecule has 2 rings (SSSR count). The normalized spacial score (nSPS) is 12.8. The summed E-state index contributed by atoms with van der Waals surface area (Å²) in [7, 11) is 0. The molecule has 0 aliphatic carbocycles. The number of carbonyl (C=O) groups is 4. The number of allylic oxidation sites excluding steroid dienone is 1. The zero-order chi connectivity index (χ0) is 22.4. The van der Waals surface area contributed by atoms with Gasteiger partial charge in [0.05, 0.1) is 18.0 Å². The van der Waals surface area contributed by atoms with Crippen molar-refractivity contribution >= 4 is 41.2 Å². The lowest BCUT2D eigenvalue weighted by molar-refractivity contribution is -0.139. The summed E-state index contributed by atoms with van der Waals surface area (Å²) in [5.74, 6) is -2.55. The zero-order valence-corrected chi connectivity index (χ0v) is 17.5. The molecule has 0 aliphatic heterocycles. The first kappa shape index (κ1) is 22.9. The van der Waals surface area contributed by atoms with E-state index in [1.807, 2.05) is 44.3 Å². The molecule has 0 radical (unpaired) electrons. The number of fused-ring (bicyclic) bond motifs is 1. The first-order valence-electron chi connectivity index (χ1n) is 9.67. The topological polar surface area (TPSA) is 118 Å². The fourth-order valence-electron chi connectivity index (χ4n) is 3.09. The molecule has 2 aromatic rings. The maximum atomic E-state index is 13.1. The molecule has 2 amide bonds. The molecular formula is C22H27N3O5. The van der Waals surface area contributed by atoms with Gasteiger partial charge in [-0.05, 0) is 31.9 Å². The summed E-state index contributed by atoms with van der Waals surface area (Å²) in [4.78, 5) is 47.6. The average molecular weight is 413 g/mol. The van der Waals surface area contributed by atoms with E-state index in [9.17, 15) is 19.2 Å². The average Bonchev–Trinajstić information content (AvgIpc) is 3.02. The second-order valence-corrected chi connectivity index (χ2v) is 7.71. The summed E-state index contributed by atoms with van der Waals surface area (Å²) < 4.78 is 1.77. The molecule has 0 aliphatic rings. The van der Waals surface area contributed by atoms with Crippen molar-refractivity contribution in [3.63, 3.8) is 0 Å². The van der Waals surface area contributed by atoms with E-state index in [0.29, 0.717) is 12.0 Å². The second kappa shape index (κ2) is 9.87. The SMILES string of the molecule is CC(C)=Cn1c(C(=O)NC(C(=O)N[C@@H](C=O)CC(=O)O)C(C)C)cc2ccccc21. The van der Waals surface area contributed by atoms with Gasteiger partial charge in [-0.15, -0.1) is 0 Å². The van der Waals surface area contributed by atoms with E-state index in [0.717, 1.165) is 16.5 Å². The number of carboxylic acid groups (broad SMARTS) is 1. The van der Waals surface area contributed by atoms with Crippen LogP contribution in [0.4, 0.5) is 0 Å². The molecule has 0 spiro atoms. The van der Waals surface area contributed by atoms with Crippen molar-refractivity contribution in [3.05, 3.63) is 41.6 Å². The number of carbonyl (C=O) groups excluding carboxylic acids is 3. The van der Waals surface area contributed by atoms with Gasteiger partial charge in [-0.2, -0.15) is 0 Å². The number of hydrogen-bond donors (Lipinski definition) is 3. The summed E-state index contributed by atoms with van der Waals surface area (Å²) in [5.41, 5.74) is 2.22. The van der Waals surface area contributed by atoms with Crippen LogP contribution in [0.3, 0.4) is 0 Å². The van der Waals surface area contributed by atoms with Crippen LogP contribution < -0.4 is 10.6 Å². The number of amides is 2. The Hall–Kier alpha value is -3.42. The van der Waals surface area contributed by atoms with Gasteiger partial charge in [0.15, 0.2) is 0 Å². The van der Waals surface area contributed by atoms with E-state index < -0.39 is 36.3 Å². The highest BCUT2D eigenvalue weighted by Gasteiger charge is 2.28. The van der Waals surface area contributed by atoms with Crippen molar-refractivity contribution in [2.24, 2.45) is 5.92 Å². The Morgan fingerprint density at radius 1 is 1.13 bits per heavy atom. The molecule has 1 heterocycles. The van der Waals surface area contributed by atoms with E-state index in [-0.39, 0.29) is 5.92 Å². The second-order valence-electron chi connectivity index (χ2n) is 7.71. The van der Waals surface area contributed by atoms with Gasteiger partial charge in [0, 0.05) is 11.6 Å². The van der Waals surface area contributed by atoms with Crippen LogP contribution in [0, 0.1) is 5.92 Å². The highest BCUT2D eigenvalue weighted by atomic mass is 16.4.